The van der Waals surface area contributed by atoms with Gasteiger partial charge in [-0.25, -0.2) is 9.98 Å². The third-order valence-electron chi connectivity index (χ3n) is 4.24. The molecule has 0 aliphatic heterocycles. The summed E-state index contributed by atoms with van der Waals surface area (Å²) >= 11 is 0. The van der Waals surface area contributed by atoms with Crippen LogP contribution in [-0.4, -0.2) is 34.3 Å². The standard InChI is InChI=1S/C17H24N6O/c1-24-14-9-7-12(8-10-14)16-21-15(22-23-16)11-19-17(18)20-13-5-3-2-4-6-13/h7-10,13H,2-6,11H2,1H3,(H3,18,19,20)(H,21,22,23). The molecule has 1 heterocycles. The first kappa shape index (κ1) is 16.3. The second-order valence-corrected chi connectivity index (χ2v) is 6.01. The van der Waals surface area contributed by atoms with Gasteiger partial charge in [-0.05, 0) is 37.1 Å². The molecule has 1 aromatic heterocycles. The largest absolute Gasteiger partial charge is 0.497 e. The highest BCUT2D eigenvalue weighted by Crippen LogP contribution is 2.19. The fourth-order valence-corrected chi connectivity index (χ4v) is 2.90. The summed E-state index contributed by atoms with van der Waals surface area (Å²) in [6.45, 7) is 0.384. The lowest BCUT2D eigenvalue weighted by Crippen LogP contribution is -2.41. The molecule has 3 rings (SSSR count). The minimum atomic E-state index is 0.384. The average Bonchev–Trinajstić information content (AvgIpc) is 3.10. The number of ether oxygens (including phenoxy) is 1. The monoisotopic (exact) mass is 328 g/mol. The molecule has 0 atom stereocenters. The summed E-state index contributed by atoms with van der Waals surface area (Å²) in [7, 11) is 1.64. The van der Waals surface area contributed by atoms with Crippen LogP contribution in [0.15, 0.2) is 29.3 Å². The van der Waals surface area contributed by atoms with Crippen LogP contribution < -0.4 is 15.8 Å². The van der Waals surface area contributed by atoms with Gasteiger partial charge in [-0.1, -0.05) is 19.3 Å². The molecule has 7 heteroatoms. The smallest absolute Gasteiger partial charge is 0.189 e. The number of nitrogens with two attached hydrogens (primary N) is 1. The van der Waals surface area contributed by atoms with E-state index < -0.39 is 0 Å². The number of guanidine groups is 1. The highest BCUT2D eigenvalue weighted by atomic mass is 16.5. The van der Waals surface area contributed by atoms with Crippen molar-refractivity contribution in [1.29, 1.82) is 0 Å². The summed E-state index contributed by atoms with van der Waals surface area (Å²) in [4.78, 5) is 8.81. The number of nitrogens with one attached hydrogen (secondary N) is 2. The number of H-pyrrole nitrogens is 1. The highest BCUT2D eigenvalue weighted by molar-refractivity contribution is 5.78. The fraction of sp³-hybridized carbons (Fsp3) is 0.471. The summed E-state index contributed by atoms with van der Waals surface area (Å²) in [5, 5.41) is 10.4. The Bertz CT molecular complexity index is 673. The minimum absolute atomic E-state index is 0.384. The van der Waals surface area contributed by atoms with E-state index in [-0.39, 0.29) is 0 Å². The molecule has 1 aliphatic rings. The van der Waals surface area contributed by atoms with E-state index in [9.17, 15) is 0 Å². The van der Waals surface area contributed by atoms with E-state index in [1.807, 2.05) is 24.3 Å². The fourth-order valence-electron chi connectivity index (χ4n) is 2.90. The lowest BCUT2D eigenvalue weighted by molar-refractivity contribution is 0.412. The van der Waals surface area contributed by atoms with Crippen LogP contribution in [0.3, 0.4) is 0 Å². The Hall–Kier alpha value is -2.57. The van der Waals surface area contributed by atoms with Crippen LogP contribution in [0.4, 0.5) is 0 Å². The highest BCUT2D eigenvalue weighted by Gasteiger charge is 2.13. The number of aliphatic imine (C=N–C) groups is 1. The number of aromatic amines is 1. The van der Waals surface area contributed by atoms with Crippen LogP contribution in [0.1, 0.15) is 37.9 Å². The molecule has 2 aromatic rings. The van der Waals surface area contributed by atoms with Gasteiger partial charge in [0.2, 0.25) is 0 Å². The van der Waals surface area contributed by atoms with E-state index in [0.29, 0.717) is 30.2 Å². The molecular weight excluding hydrogens is 304 g/mol. The minimum Gasteiger partial charge on any atom is -0.497 e. The number of benzene rings is 1. The van der Waals surface area contributed by atoms with Crippen molar-refractivity contribution in [3.63, 3.8) is 0 Å². The van der Waals surface area contributed by atoms with Gasteiger partial charge < -0.3 is 15.8 Å². The molecule has 7 nitrogen and oxygen atoms in total. The third-order valence-corrected chi connectivity index (χ3v) is 4.24. The average molecular weight is 328 g/mol. The third kappa shape index (κ3) is 4.24. The van der Waals surface area contributed by atoms with E-state index in [1.165, 1.54) is 32.1 Å². The summed E-state index contributed by atoms with van der Waals surface area (Å²) < 4.78 is 5.15. The van der Waals surface area contributed by atoms with Crippen LogP contribution in [0.25, 0.3) is 11.4 Å². The van der Waals surface area contributed by atoms with Crippen molar-refractivity contribution in [2.24, 2.45) is 10.7 Å². The quantitative estimate of drug-likeness (QED) is 0.577. The van der Waals surface area contributed by atoms with Crippen molar-refractivity contribution in [3.05, 3.63) is 30.1 Å². The Morgan fingerprint density at radius 2 is 2.04 bits per heavy atom. The molecule has 0 bridgehead atoms. The van der Waals surface area contributed by atoms with Crippen molar-refractivity contribution >= 4 is 5.96 Å². The molecule has 128 valence electrons. The molecule has 4 N–H and O–H groups in total. The maximum absolute atomic E-state index is 5.97. The second-order valence-electron chi connectivity index (χ2n) is 6.01. The first-order chi connectivity index (χ1) is 11.7. The van der Waals surface area contributed by atoms with E-state index in [1.54, 1.807) is 7.11 Å². The van der Waals surface area contributed by atoms with Gasteiger partial charge in [0.15, 0.2) is 11.8 Å². The number of hydrogen-bond acceptors (Lipinski definition) is 4. The molecule has 0 unspecified atom stereocenters. The number of methoxy groups -OCH3 is 1. The van der Waals surface area contributed by atoms with E-state index in [0.717, 1.165) is 11.3 Å². The van der Waals surface area contributed by atoms with Crippen molar-refractivity contribution in [2.75, 3.05) is 7.11 Å². The van der Waals surface area contributed by atoms with E-state index in [2.05, 4.69) is 25.5 Å². The Morgan fingerprint density at radius 3 is 2.75 bits per heavy atom. The zero-order valence-corrected chi connectivity index (χ0v) is 14.0. The maximum Gasteiger partial charge on any atom is 0.189 e. The lowest BCUT2D eigenvalue weighted by Gasteiger charge is -2.23. The molecule has 1 aromatic carbocycles. The van der Waals surface area contributed by atoms with Crippen LogP contribution in [0.2, 0.25) is 0 Å². The lowest BCUT2D eigenvalue weighted by atomic mass is 9.96. The maximum atomic E-state index is 5.97. The van der Waals surface area contributed by atoms with Crippen LogP contribution in [0, 0.1) is 0 Å². The van der Waals surface area contributed by atoms with E-state index in [4.69, 9.17) is 10.5 Å². The summed E-state index contributed by atoms with van der Waals surface area (Å²) in [6, 6.07) is 8.07. The van der Waals surface area contributed by atoms with Crippen molar-refractivity contribution in [3.8, 4) is 17.1 Å². The van der Waals surface area contributed by atoms with Crippen LogP contribution in [0.5, 0.6) is 5.75 Å². The normalized spacial score (nSPS) is 16.1. The first-order valence-electron chi connectivity index (χ1n) is 8.37. The van der Waals surface area contributed by atoms with Crippen molar-refractivity contribution < 1.29 is 4.74 Å². The number of aromatic nitrogens is 3. The molecule has 0 saturated heterocycles. The predicted octanol–water partition coefficient (Wildman–Crippen LogP) is 2.22. The molecule has 0 amide bonds. The first-order valence-corrected chi connectivity index (χ1v) is 8.37. The van der Waals surface area contributed by atoms with Crippen molar-refractivity contribution in [2.45, 2.75) is 44.7 Å². The molecule has 1 saturated carbocycles. The molecule has 0 radical (unpaired) electrons. The summed E-state index contributed by atoms with van der Waals surface area (Å²) in [5.74, 6) is 2.61. The Kier molecular flexibility index (Phi) is 5.30. The van der Waals surface area contributed by atoms with Gasteiger partial charge in [0, 0.05) is 11.6 Å². The Labute approximate surface area is 141 Å². The predicted molar refractivity (Wildman–Crippen MR) is 93.7 cm³/mol. The van der Waals surface area contributed by atoms with E-state index >= 15 is 0 Å². The van der Waals surface area contributed by atoms with Gasteiger partial charge in [-0.15, -0.1) is 0 Å². The Morgan fingerprint density at radius 1 is 1.29 bits per heavy atom. The van der Waals surface area contributed by atoms with Crippen LogP contribution >= 0.6 is 0 Å². The SMILES string of the molecule is COc1ccc(-c2n[nH]c(CN=C(N)NC3CCCCC3)n2)cc1. The number of rotatable bonds is 5. The summed E-state index contributed by atoms with van der Waals surface area (Å²) in [6.07, 6.45) is 6.18. The van der Waals surface area contributed by atoms with Gasteiger partial charge >= 0.3 is 0 Å². The molecule has 1 aliphatic carbocycles. The second kappa shape index (κ2) is 7.81. The topological polar surface area (TPSA) is 101 Å². The number of hydrogen-bond donors (Lipinski definition) is 3. The Balaban J connectivity index is 1.57. The summed E-state index contributed by atoms with van der Waals surface area (Å²) in [5.41, 5.74) is 6.89. The molecular formula is C17H24N6O. The number of nitrogens with zero attached hydrogens (tertiary/aromatic N) is 3. The molecule has 24 heavy (non-hydrogen) atoms. The van der Waals surface area contributed by atoms with Gasteiger partial charge in [0.05, 0.1) is 7.11 Å². The zero-order chi connectivity index (χ0) is 16.8. The van der Waals surface area contributed by atoms with Gasteiger partial charge in [-0.2, -0.15) is 5.10 Å². The van der Waals surface area contributed by atoms with Crippen LogP contribution in [-0.2, 0) is 6.54 Å². The molecule has 1 fully saturated rings. The van der Waals surface area contributed by atoms with Crippen molar-refractivity contribution in [1.82, 2.24) is 20.5 Å². The van der Waals surface area contributed by atoms with Gasteiger partial charge in [0.1, 0.15) is 18.1 Å². The van der Waals surface area contributed by atoms with Gasteiger partial charge in [-0.3, -0.25) is 5.10 Å². The molecule has 0 spiro atoms. The van der Waals surface area contributed by atoms with Gasteiger partial charge in [0.25, 0.3) is 0 Å². The zero-order valence-electron chi connectivity index (χ0n) is 14.0.